The molecule has 19 heavy (non-hydrogen) atoms. The quantitative estimate of drug-likeness (QED) is 0.556. The number of rotatable bonds is 2. The first kappa shape index (κ1) is 12.4. The van der Waals surface area contributed by atoms with Crippen LogP contribution in [0.4, 0.5) is 5.82 Å². The summed E-state index contributed by atoms with van der Waals surface area (Å²) in [5, 5.41) is 3.92. The zero-order valence-corrected chi connectivity index (χ0v) is 11.6. The number of nitrogens with two attached hydrogens (primary N) is 1. The average Bonchev–Trinajstić information content (AvgIpc) is 2.75. The van der Waals surface area contributed by atoms with E-state index in [0.29, 0.717) is 10.2 Å². The maximum Gasteiger partial charge on any atom is 0.253 e. The van der Waals surface area contributed by atoms with Crippen LogP contribution in [0, 0.1) is 0 Å². The van der Waals surface area contributed by atoms with Gasteiger partial charge < -0.3 is 10.7 Å². The Balaban J connectivity index is 2.09. The molecule has 3 aromatic heterocycles. The summed E-state index contributed by atoms with van der Waals surface area (Å²) in [6.07, 6.45) is 0. The number of aromatic amines is 1. The largest absolute Gasteiger partial charge is 0.383 e. The van der Waals surface area contributed by atoms with Crippen LogP contribution >= 0.6 is 34.7 Å². The Morgan fingerprint density at radius 3 is 3.00 bits per heavy atom. The predicted molar refractivity (Wildman–Crippen MR) is 75.8 cm³/mol. The first-order chi connectivity index (χ1) is 9.11. The van der Waals surface area contributed by atoms with Gasteiger partial charge in [0.05, 0.1) is 0 Å². The van der Waals surface area contributed by atoms with Crippen molar-refractivity contribution in [2.75, 3.05) is 5.73 Å². The van der Waals surface area contributed by atoms with Gasteiger partial charge in [0, 0.05) is 11.5 Å². The van der Waals surface area contributed by atoms with Crippen LogP contribution in [0.3, 0.4) is 0 Å². The monoisotopic (exact) mass is 311 g/mol. The van der Waals surface area contributed by atoms with E-state index in [1.807, 2.05) is 11.4 Å². The number of hydrogen-bond donors (Lipinski definition) is 2. The molecule has 0 radical (unpaired) electrons. The van der Waals surface area contributed by atoms with Crippen molar-refractivity contribution in [2.45, 2.75) is 10.2 Å². The third-order valence-electron chi connectivity index (χ3n) is 2.20. The number of nitrogens with one attached hydrogen (secondary N) is 1. The topological polar surface area (TPSA) is 97.6 Å². The van der Waals surface area contributed by atoms with Crippen LogP contribution in [0.5, 0.6) is 0 Å². The standard InChI is InChI=1S/C10H6ClN5OS2/c11-9-15-7-4(1-2-18-7)8(16-9)19-10-13-5(12)3-6(17)14-10/h1-3H,(H3,12,13,14,17). The summed E-state index contributed by atoms with van der Waals surface area (Å²) in [4.78, 5) is 27.0. The van der Waals surface area contributed by atoms with E-state index in [1.165, 1.54) is 29.2 Å². The molecule has 0 fully saturated rings. The highest BCUT2D eigenvalue weighted by atomic mass is 35.5. The Bertz CT molecular complexity index is 815. The van der Waals surface area contributed by atoms with Crippen molar-refractivity contribution in [2.24, 2.45) is 0 Å². The molecule has 0 saturated carbocycles. The van der Waals surface area contributed by atoms with Gasteiger partial charge in [-0.05, 0) is 34.8 Å². The molecule has 3 N–H and O–H groups in total. The third kappa shape index (κ3) is 2.55. The van der Waals surface area contributed by atoms with Gasteiger partial charge in [-0.1, -0.05) is 0 Å². The SMILES string of the molecule is Nc1cc(=O)[nH]c(Sc2nc(Cl)nc3sccc23)n1. The predicted octanol–water partition coefficient (Wildman–Crippen LogP) is 2.16. The zero-order chi connectivity index (χ0) is 13.4. The van der Waals surface area contributed by atoms with Gasteiger partial charge >= 0.3 is 0 Å². The molecule has 96 valence electrons. The van der Waals surface area contributed by atoms with Crippen LogP contribution in [0.25, 0.3) is 10.2 Å². The van der Waals surface area contributed by atoms with E-state index in [1.54, 1.807) is 0 Å². The lowest BCUT2D eigenvalue weighted by molar-refractivity contribution is 0.941. The number of anilines is 1. The number of thiophene rings is 1. The highest BCUT2D eigenvalue weighted by molar-refractivity contribution is 7.99. The van der Waals surface area contributed by atoms with Crippen molar-refractivity contribution in [1.29, 1.82) is 0 Å². The van der Waals surface area contributed by atoms with E-state index in [-0.39, 0.29) is 16.7 Å². The van der Waals surface area contributed by atoms with Crippen LogP contribution in [0.15, 0.2) is 32.5 Å². The molecule has 3 aromatic rings. The van der Waals surface area contributed by atoms with Crippen molar-refractivity contribution < 1.29 is 0 Å². The minimum absolute atomic E-state index is 0.156. The van der Waals surface area contributed by atoms with Crippen molar-refractivity contribution in [1.82, 2.24) is 19.9 Å². The first-order valence-electron chi connectivity index (χ1n) is 5.07. The van der Waals surface area contributed by atoms with E-state index in [0.717, 1.165) is 10.2 Å². The van der Waals surface area contributed by atoms with E-state index < -0.39 is 0 Å². The Labute approximate surface area is 120 Å². The fourth-order valence-electron chi connectivity index (χ4n) is 1.47. The molecular weight excluding hydrogens is 306 g/mol. The Morgan fingerprint density at radius 2 is 2.21 bits per heavy atom. The second-order valence-corrected chi connectivity index (χ2v) is 5.72. The van der Waals surface area contributed by atoms with E-state index in [9.17, 15) is 4.79 Å². The maximum atomic E-state index is 11.3. The molecule has 0 atom stereocenters. The summed E-state index contributed by atoms with van der Waals surface area (Å²) in [6, 6.07) is 3.11. The summed E-state index contributed by atoms with van der Waals surface area (Å²) in [7, 11) is 0. The lowest BCUT2D eigenvalue weighted by Crippen LogP contribution is -2.09. The molecule has 0 aliphatic carbocycles. The molecule has 6 nitrogen and oxygen atoms in total. The second-order valence-electron chi connectivity index (χ2n) is 3.51. The van der Waals surface area contributed by atoms with Crippen LogP contribution < -0.4 is 11.3 Å². The molecular formula is C10H6ClN5OS2. The van der Waals surface area contributed by atoms with Crippen molar-refractivity contribution in [3.05, 3.63) is 33.2 Å². The summed E-state index contributed by atoms with van der Waals surface area (Å²) in [5.74, 6) is 0.160. The van der Waals surface area contributed by atoms with Gasteiger partial charge in [-0.25, -0.2) is 15.0 Å². The fraction of sp³-hybridized carbons (Fsp3) is 0. The summed E-state index contributed by atoms with van der Waals surface area (Å²) in [6.45, 7) is 0. The summed E-state index contributed by atoms with van der Waals surface area (Å²) >= 11 is 8.52. The number of aromatic nitrogens is 4. The van der Waals surface area contributed by atoms with Crippen molar-refractivity contribution in [3.8, 4) is 0 Å². The summed E-state index contributed by atoms with van der Waals surface area (Å²) in [5.41, 5.74) is 5.23. The van der Waals surface area contributed by atoms with E-state index >= 15 is 0 Å². The Kier molecular flexibility index (Phi) is 3.13. The lowest BCUT2D eigenvalue weighted by atomic mass is 10.4. The van der Waals surface area contributed by atoms with Crippen molar-refractivity contribution >= 4 is 50.7 Å². The molecule has 0 bridgehead atoms. The molecule has 9 heteroatoms. The lowest BCUT2D eigenvalue weighted by Gasteiger charge is -2.02. The van der Waals surface area contributed by atoms with Gasteiger partial charge in [0.15, 0.2) is 5.16 Å². The van der Waals surface area contributed by atoms with Gasteiger partial charge in [0.25, 0.3) is 5.56 Å². The number of H-pyrrole nitrogens is 1. The average molecular weight is 312 g/mol. The molecule has 3 heterocycles. The molecule has 0 spiro atoms. The van der Waals surface area contributed by atoms with E-state index in [2.05, 4.69) is 19.9 Å². The third-order valence-corrected chi connectivity index (χ3v) is 4.06. The number of halogens is 1. The van der Waals surface area contributed by atoms with Gasteiger partial charge in [-0.3, -0.25) is 4.79 Å². The van der Waals surface area contributed by atoms with Crippen LogP contribution in [-0.2, 0) is 0 Å². The molecule has 0 aromatic carbocycles. The molecule has 0 aliphatic rings. The van der Waals surface area contributed by atoms with E-state index in [4.69, 9.17) is 17.3 Å². The van der Waals surface area contributed by atoms with Crippen LogP contribution in [0.1, 0.15) is 0 Å². The van der Waals surface area contributed by atoms with Gasteiger partial charge in [0.1, 0.15) is 15.7 Å². The number of fused-ring (bicyclic) bond motifs is 1. The Morgan fingerprint density at radius 1 is 1.37 bits per heavy atom. The van der Waals surface area contributed by atoms with Gasteiger partial charge in [-0.2, -0.15) is 0 Å². The van der Waals surface area contributed by atoms with Gasteiger partial charge in [0.2, 0.25) is 5.28 Å². The molecule has 0 unspecified atom stereocenters. The number of nitrogens with zero attached hydrogens (tertiary/aromatic N) is 3. The highest BCUT2D eigenvalue weighted by Gasteiger charge is 2.11. The molecule has 0 aliphatic heterocycles. The van der Waals surface area contributed by atoms with Gasteiger partial charge in [-0.15, -0.1) is 11.3 Å². The summed E-state index contributed by atoms with van der Waals surface area (Å²) < 4.78 is 0. The molecule has 0 amide bonds. The number of nitrogen functional groups attached to an aromatic ring is 1. The van der Waals surface area contributed by atoms with Crippen LogP contribution in [-0.4, -0.2) is 19.9 Å². The minimum atomic E-state index is -0.309. The van der Waals surface area contributed by atoms with Crippen molar-refractivity contribution in [3.63, 3.8) is 0 Å². The zero-order valence-electron chi connectivity index (χ0n) is 9.25. The first-order valence-corrected chi connectivity index (χ1v) is 7.14. The second kappa shape index (κ2) is 4.80. The minimum Gasteiger partial charge on any atom is -0.383 e. The molecule has 3 rings (SSSR count). The Hall–Kier alpha value is -1.64. The highest BCUT2D eigenvalue weighted by Crippen LogP contribution is 2.32. The number of hydrogen-bond acceptors (Lipinski definition) is 7. The smallest absolute Gasteiger partial charge is 0.253 e. The normalized spacial score (nSPS) is 11.0. The molecule has 0 saturated heterocycles. The maximum absolute atomic E-state index is 11.3. The fourth-order valence-corrected chi connectivity index (χ4v) is 3.46. The van der Waals surface area contributed by atoms with Crippen LogP contribution in [0.2, 0.25) is 5.28 Å².